The summed E-state index contributed by atoms with van der Waals surface area (Å²) in [4.78, 5) is 42.2. The van der Waals surface area contributed by atoms with Crippen LogP contribution in [0.2, 0.25) is 5.02 Å². The van der Waals surface area contributed by atoms with Gasteiger partial charge in [0.25, 0.3) is 0 Å². The monoisotopic (exact) mass is 492 g/mol. The van der Waals surface area contributed by atoms with Crippen LogP contribution in [0.3, 0.4) is 0 Å². The number of halogens is 2. The Balaban J connectivity index is 1.54. The van der Waals surface area contributed by atoms with E-state index in [9.17, 15) is 29.0 Å². The fraction of sp³-hybridized carbons (Fsp3) is 0.640. The number of aromatic hydroxyl groups is 1. The van der Waals surface area contributed by atoms with Gasteiger partial charge in [0.1, 0.15) is 0 Å². The number of phenols is 1. The summed E-state index contributed by atoms with van der Waals surface area (Å²) < 4.78 is 14.6. The van der Waals surface area contributed by atoms with Crippen molar-refractivity contribution in [3.63, 3.8) is 0 Å². The zero-order valence-electron chi connectivity index (χ0n) is 19.3. The minimum absolute atomic E-state index is 0.00736. The second-order valence-corrected chi connectivity index (χ2v) is 11.3. The first-order valence-corrected chi connectivity index (χ1v) is 12.5. The lowest BCUT2D eigenvalue weighted by atomic mass is 9.66. The molecule has 2 saturated carbocycles. The summed E-state index contributed by atoms with van der Waals surface area (Å²) in [5, 5.41) is 20.9. The van der Waals surface area contributed by atoms with Crippen LogP contribution in [0.5, 0.6) is 5.75 Å². The molecule has 3 atom stereocenters. The second kappa shape index (κ2) is 8.11. The van der Waals surface area contributed by atoms with Gasteiger partial charge in [-0.15, -0.1) is 0 Å². The molecule has 9 heteroatoms. The topological polar surface area (TPSA) is 98.2 Å². The Hall–Kier alpha value is -2.35. The van der Waals surface area contributed by atoms with Crippen LogP contribution < -0.4 is 0 Å². The quantitative estimate of drug-likeness (QED) is 0.664. The first-order chi connectivity index (χ1) is 16.1. The molecule has 34 heavy (non-hydrogen) atoms. The Labute approximate surface area is 202 Å². The van der Waals surface area contributed by atoms with E-state index in [1.807, 2.05) is 0 Å². The summed E-state index contributed by atoms with van der Waals surface area (Å²) in [6.45, 7) is 2.60. The standard InChI is InChI=1S/C25H30ClFN2O5/c1-24(23(33)34)6-3-2-4-15(24)22(32)29-9-5-14-16(26)10-17(27)21(31)20(14)18(29)12-28-13-25(7-8-25)11-19(28)30/h10,15,18,31H,2-9,11-13H2,1H3,(H,33,34)/t15?,18-,24?/m1/s1. The summed E-state index contributed by atoms with van der Waals surface area (Å²) in [5.41, 5.74) is -0.367. The van der Waals surface area contributed by atoms with E-state index in [4.69, 9.17) is 11.6 Å². The molecule has 2 aliphatic carbocycles. The molecule has 1 aromatic carbocycles. The van der Waals surface area contributed by atoms with Crippen LogP contribution >= 0.6 is 11.6 Å². The van der Waals surface area contributed by atoms with Crippen LogP contribution in [0.25, 0.3) is 0 Å². The summed E-state index contributed by atoms with van der Waals surface area (Å²) >= 11 is 6.34. The van der Waals surface area contributed by atoms with Gasteiger partial charge in [0.2, 0.25) is 11.8 Å². The third-order valence-corrected chi connectivity index (χ3v) is 9.03. The van der Waals surface area contributed by atoms with Crippen molar-refractivity contribution in [3.8, 4) is 5.75 Å². The molecular formula is C25H30ClFN2O5. The Morgan fingerprint density at radius 3 is 2.65 bits per heavy atom. The predicted octanol–water partition coefficient (Wildman–Crippen LogP) is 3.90. The molecular weight excluding hydrogens is 463 g/mol. The molecule has 0 bridgehead atoms. The highest BCUT2D eigenvalue weighted by molar-refractivity contribution is 6.31. The average Bonchev–Trinajstić information content (AvgIpc) is 3.47. The molecule has 1 saturated heterocycles. The lowest BCUT2D eigenvalue weighted by Gasteiger charge is -2.45. The van der Waals surface area contributed by atoms with E-state index >= 15 is 0 Å². The Bertz CT molecular complexity index is 1070. The minimum atomic E-state index is -1.19. The van der Waals surface area contributed by atoms with E-state index in [-0.39, 0.29) is 40.9 Å². The normalized spacial score (nSPS) is 29.9. The van der Waals surface area contributed by atoms with Crippen molar-refractivity contribution in [2.75, 3.05) is 19.6 Å². The van der Waals surface area contributed by atoms with E-state index in [2.05, 4.69) is 0 Å². The number of aliphatic carboxylic acids is 1. The third-order valence-electron chi connectivity index (χ3n) is 8.69. The zero-order chi connectivity index (χ0) is 24.4. The Kier molecular flexibility index (Phi) is 5.58. The van der Waals surface area contributed by atoms with Crippen molar-refractivity contribution in [1.29, 1.82) is 0 Å². The van der Waals surface area contributed by atoms with E-state index in [1.165, 1.54) is 0 Å². The maximum Gasteiger partial charge on any atom is 0.310 e. The van der Waals surface area contributed by atoms with Gasteiger partial charge < -0.3 is 20.0 Å². The van der Waals surface area contributed by atoms with Gasteiger partial charge in [0.15, 0.2) is 11.6 Å². The summed E-state index contributed by atoms with van der Waals surface area (Å²) in [6, 6.07) is 0.287. The first kappa shape index (κ1) is 23.4. The second-order valence-electron chi connectivity index (χ2n) is 10.9. The predicted molar refractivity (Wildman–Crippen MR) is 122 cm³/mol. The molecule has 2 heterocycles. The van der Waals surface area contributed by atoms with E-state index in [0.717, 1.165) is 31.7 Å². The fourth-order valence-corrected chi connectivity index (χ4v) is 6.62. The maximum atomic E-state index is 14.6. The fourth-order valence-electron chi connectivity index (χ4n) is 6.33. The Morgan fingerprint density at radius 1 is 1.26 bits per heavy atom. The molecule has 2 amide bonds. The maximum absolute atomic E-state index is 14.6. The number of hydrogen-bond donors (Lipinski definition) is 2. The van der Waals surface area contributed by atoms with Crippen LogP contribution in [-0.2, 0) is 20.8 Å². The molecule has 3 fully saturated rings. The van der Waals surface area contributed by atoms with Crippen molar-refractivity contribution in [1.82, 2.24) is 9.80 Å². The molecule has 2 aliphatic heterocycles. The SMILES string of the molecule is CC1(C(=O)O)CCCCC1C(=O)N1CCc2c(Cl)cc(F)c(O)c2[C@H]1CN1CC2(CC2)CC1=O. The van der Waals surface area contributed by atoms with Gasteiger partial charge in [-0.1, -0.05) is 24.4 Å². The summed E-state index contributed by atoms with van der Waals surface area (Å²) in [6.07, 6.45) is 5.13. The molecule has 2 unspecified atom stereocenters. The number of carbonyl (C=O) groups is 3. The van der Waals surface area contributed by atoms with Gasteiger partial charge in [-0.2, -0.15) is 0 Å². The number of carbonyl (C=O) groups excluding carboxylic acids is 2. The van der Waals surface area contributed by atoms with Crippen molar-refractivity contribution >= 4 is 29.4 Å². The lowest BCUT2D eigenvalue weighted by Crippen LogP contribution is -2.52. The van der Waals surface area contributed by atoms with Gasteiger partial charge in [-0.3, -0.25) is 14.4 Å². The summed E-state index contributed by atoms with van der Waals surface area (Å²) in [5.74, 6) is -3.47. The lowest BCUT2D eigenvalue weighted by molar-refractivity contribution is -0.162. The number of phenolic OH excluding ortho intramolecular Hbond substituents is 1. The Morgan fingerprint density at radius 2 is 2.00 bits per heavy atom. The number of amides is 2. The molecule has 0 radical (unpaired) electrons. The number of nitrogens with zero attached hydrogens (tertiary/aromatic N) is 2. The molecule has 7 nitrogen and oxygen atoms in total. The third kappa shape index (κ3) is 3.65. The van der Waals surface area contributed by atoms with Gasteiger partial charge >= 0.3 is 5.97 Å². The minimum Gasteiger partial charge on any atom is -0.505 e. The van der Waals surface area contributed by atoms with Gasteiger partial charge in [0.05, 0.1) is 17.4 Å². The molecule has 1 spiro atoms. The van der Waals surface area contributed by atoms with E-state index in [0.29, 0.717) is 37.8 Å². The van der Waals surface area contributed by atoms with Crippen molar-refractivity contribution < 1.29 is 29.0 Å². The number of likely N-dealkylation sites (tertiary alicyclic amines) is 1. The molecule has 1 aromatic rings. The largest absolute Gasteiger partial charge is 0.505 e. The van der Waals surface area contributed by atoms with Crippen LogP contribution in [0.15, 0.2) is 6.07 Å². The first-order valence-electron chi connectivity index (χ1n) is 12.1. The van der Waals surface area contributed by atoms with Crippen molar-refractivity contribution in [2.24, 2.45) is 16.7 Å². The highest BCUT2D eigenvalue weighted by Crippen LogP contribution is 2.54. The highest BCUT2D eigenvalue weighted by atomic mass is 35.5. The van der Waals surface area contributed by atoms with Crippen LogP contribution in [-0.4, -0.2) is 57.4 Å². The zero-order valence-corrected chi connectivity index (χ0v) is 20.0. The van der Waals surface area contributed by atoms with Gasteiger partial charge in [-0.05, 0) is 56.1 Å². The molecule has 2 N–H and O–H groups in total. The van der Waals surface area contributed by atoms with Crippen LogP contribution in [0.1, 0.15) is 69.0 Å². The number of fused-ring (bicyclic) bond motifs is 1. The number of benzene rings is 1. The molecule has 5 rings (SSSR count). The van der Waals surface area contributed by atoms with Crippen molar-refractivity contribution in [2.45, 2.75) is 64.3 Å². The number of carboxylic acid groups (broad SMARTS) is 1. The van der Waals surface area contributed by atoms with Gasteiger partial charge in [-0.25, -0.2) is 4.39 Å². The molecule has 4 aliphatic rings. The number of rotatable bonds is 4. The molecule has 0 aromatic heterocycles. The van der Waals surface area contributed by atoms with Gasteiger partial charge in [0, 0.05) is 36.6 Å². The summed E-state index contributed by atoms with van der Waals surface area (Å²) in [7, 11) is 0. The van der Waals surface area contributed by atoms with Crippen molar-refractivity contribution in [3.05, 3.63) is 28.0 Å². The van der Waals surface area contributed by atoms with Crippen LogP contribution in [0, 0.1) is 22.6 Å². The van der Waals surface area contributed by atoms with E-state index in [1.54, 1.807) is 16.7 Å². The number of carboxylic acids is 1. The number of hydrogen-bond acceptors (Lipinski definition) is 4. The van der Waals surface area contributed by atoms with E-state index < -0.39 is 34.9 Å². The highest BCUT2D eigenvalue weighted by Gasteiger charge is 2.54. The average molecular weight is 493 g/mol. The smallest absolute Gasteiger partial charge is 0.310 e. The van der Waals surface area contributed by atoms with Crippen LogP contribution in [0.4, 0.5) is 4.39 Å². The molecule has 184 valence electrons.